The van der Waals surface area contributed by atoms with Gasteiger partial charge in [-0.1, -0.05) is 0 Å². The van der Waals surface area contributed by atoms with Gasteiger partial charge in [0, 0.05) is 16.3 Å². The SMILES string of the molecule is COc1ccc(C(=O)OCc2csc(-c3ccsc3)n2)cc1OC. The van der Waals surface area contributed by atoms with Gasteiger partial charge in [0.15, 0.2) is 11.5 Å². The van der Waals surface area contributed by atoms with Gasteiger partial charge in [0.1, 0.15) is 11.6 Å². The van der Waals surface area contributed by atoms with Gasteiger partial charge in [-0.15, -0.1) is 11.3 Å². The minimum Gasteiger partial charge on any atom is -0.493 e. The first-order chi connectivity index (χ1) is 11.7. The predicted octanol–water partition coefficient (Wildman–Crippen LogP) is 4.25. The third kappa shape index (κ3) is 3.58. The predicted molar refractivity (Wildman–Crippen MR) is 94.1 cm³/mol. The maximum atomic E-state index is 12.2. The van der Waals surface area contributed by atoms with E-state index in [1.54, 1.807) is 36.6 Å². The van der Waals surface area contributed by atoms with Crippen LogP contribution in [0.1, 0.15) is 16.1 Å². The zero-order chi connectivity index (χ0) is 16.9. The van der Waals surface area contributed by atoms with Gasteiger partial charge in [-0.25, -0.2) is 9.78 Å². The number of ether oxygens (including phenoxy) is 3. The van der Waals surface area contributed by atoms with E-state index in [9.17, 15) is 4.79 Å². The summed E-state index contributed by atoms with van der Waals surface area (Å²) in [5.41, 5.74) is 2.22. The van der Waals surface area contributed by atoms with Gasteiger partial charge < -0.3 is 14.2 Å². The molecule has 3 rings (SSSR count). The monoisotopic (exact) mass is 361 g/mol. The number of nitrogens with zero attached hydrogens (tertiary/aromatic N) is 1. The summed E-state index contributed by atoms with van der Waals surface area (Å²) in [7, 11) is 3.07. The van der Waals surface area contributed by atoms with E-state index in [1.807, 2.05) is 22.2 Å². The summed E-state index contributed by atoms with van der Waals surface area (Å²) in [5.74, 6) is 0.621. The highest BCUT2D eigenvalue weighted by Gasteiger charge is 2.13. The Hall–Kier alpha value is -2.38. The fraction of sp³-hybridized carbons (Fsp3) is 0.176. The Morgan fingerprint density at radius 2 is 1.96 bits per heavy atom. The molecule has 2 aromatic heterocycles. The summed E-state index contributed by atoms with van der Waals surface area (Å²) in [5, 5.41) is 6.87. The molecule has 0 spiro atoms. The summed E-state index contributed by atoms with van der Waals surface area (Å²) in [4.78, 5) is 16.7. The fourth-order valence-electron chi connectivity index (χ4n) is 2.08. The van der Waals surface area contributed by atoms with E-state index >= 15 is 0 Å². The second-order valence-electron chi connectivity index (χ2n) is 4.80. The number of carbonyl (C=O) groups excluding carboxylic acids is 1. The first-order valence-electron chi connectivity index (χ1n) is 7.07. The maximum absolute atomic E-state index is 12.2. The zero-order valence-electron chi connectivity index (χ0n) is 13.1. The molecule has 0 aliphatic heterocycles. The van der Waals surface area contributed by atoms with E-state index in [-0.39, 0.29) is 6.61 Å². The van der Waals surface area contributed by atoms with Crippen LogP contribution in [-0.2, 0) is 11.3 Å². The first kappa shape index (κ1) is 16.5. The molecule has 0 aliphatic carbocycles. The van der Waals surface area contributed by atoms with Gasteiger partial charge in [0.2, 0.25) is 0 Å². The molecule has 3 aromatic rings. The molecule has 0 saturated carbocycles. The van der Waals surface area contributed by atoms with Gasteiger partial charge in [-0.05, 0) is 29.6 Å². The van der Waals surface area contributed by atoms with Crippen molar-refractivity contribution in [1.29, 1.82) is 0 Å². The van der Waals surface area contributed by atoms with Crippen molar-refractivity contribution in [1.82, 2.24) is 4.98 Å². The Morgan fingerprint density at radius 3 is 2.67 bits per heavy atom. The number of aromatic nitrogens is 1. The number of rotatable bonds is 6. The van der Waals surface area contributed by atoms with E-state index < -0.39 is 5.97 Å². The second-order valence-corrected chi connectivity index (χ2v) is 6.44. The zero-order valence-corrected chi connectivity index (χ0v) is 14.8. The van der Waals surface area contributed by atoms with Crippen molar-refractivity contribution in [2.24, 2.45) is 0 Å². The molecule has 2 heterocycles. The van der Waals surface area contributed by atoms with Crippen LogP contribution in [0.4, 0.5) is 0 Å². The van der Waals surface area contributed by atoms with Crippen molar-refractivity contribution in [2.75, 3.05) is 14.2 Å². The van der Waals surface area contributed by atoms with Crippen LogP contribution >= 0.6 is 22.7 Å². The quantitative estimate of drug-likeness (QED) is 0.615. The molecular formula is C17H15NO4S2. The van der Waals surface area contributed by atoms with Crippen molar-refractivity contribution in [3.05, 3.63) is 51.7 Å². The molecule has 0 bridgehead atoms. The van der Waals surface area contributed by atoms with E-state index in [1.165, 1.54) is 18.4 Å². The number of methoxy groups -OCH3 is 2. The van der Waals surface area contributed by atoms with Gasteiger partial charge in [-0.2, -0.15) is 11.3 Å². The van der Waals surface area contributed by atoms with Crippen molar-refractivity contribution in [3.8, 4) is 22.1 Å². The molecule has 0 aliphatic rings. The Kier molecular flexibility index (Phi) is 5.12. The Labute approximate surface area is 147 Å². The average Bonchev–Trinajstić information content (AvgIpc) is 3.30. The van der Waals surface area contributed by atoms with Crippen LogP contribution < -0.4 is 9.47 Å². The molecule has 0 saturated heterocycles. The van der Waals surface area contributed by atoms with Crippen LogP contribution in [0, 0.1) is 0 Å². The average molecular weight is 361 g/mol. The van der Waals surface area contributed by atoms with Crippen molar-refractivity contribution in [3.63, 3.8) is 0 Å². The fourth-order valence-corrected chi connectivity index (χ4v) is 3.59. The molecule has 0 amide bonds. The number of hydrogen-bond acceptors (Lipinski definition) is 7. The number of hydrogen-bond donors (Lipinski definition) is 0. The van der Waals surface area contributed by atoms with Crippen LogP contribution in [0.3, 0.4) is 0 Å². The third-order valence-electron chi connectivity index (χ3n) is 3.29. The second kappa shape index (κ2) is 7.46. The first-order valence-corrected chi connectivity index (χ1v) is 8.89. The molecule has 24 heavy (non-hydrogen) atoms. The Morgan fingerprint density at radius 1 is 1.12 bits per heavy atom. The van der Waals surface area contributed by atoms with Crippen LogP contribution in [-0.4, -0.2) is 25.2 Å². The molecular weight excluding hydrogens is 346 g/mol. The van der Waals surface area contributed by atoms with E-state index in [2.05, 4.69) is 4.98 Å². The normalized spacial score (nSPS) is 10.4. The molecule has 0 fully saturated rings. The number of esters is 1. The summed E-state index contributed by atoms with van der Waals surface area (Å²) in [6.45, 7) is 0.133. The van der Waals surface area contributed by atoms with E-state index in [0.29, 0.717) is 17.1 Å². The summed E-state index contributed by atoms with van der Waals surface area (Å²) < 4.78 is 15.7. The van der Waals surface area contributed by atoms with Crippen LogP contribution in [0.2, 0.25) is 0 Å². The maximum Gasteiger partial charge on any atom is 0.338 e. The lowest BCUT2D eigenvalue weighted by molar-refractivity contribution is 0.0468. The molecule has 1 aromatic carbocycles. The lowest BCUT2D eigenvalue weighted by atomic mass is 10.2. The lowest BCUT2D eigenvalue weighted by Gasteiger charge is -2.09. The minimum atomic E-state index is -0.430. The Balaban J connectivity index is 1.65. The molecule has 124 valence electrons. The highest BCUT2D eigenvalue weighted by atomic mass is 32.1. The molecule has 0 N–H and O–H groups in total. The van der Waals surface area contributed by atoms with Crippen molar-refractivity contribution in [2.45, 2.75) is 6.61 Å². The van der Waals surface area contributed by atoms with Crippen molar-refractivity contribution >= 4 is 28.6 Å². The highest BCUT2D eigenvalue weighted by Crippen LogP contribution is 2.28. The molecule has 7 heteroatoms. The number of thiophene rings is 1. The molecule has 5 nitrogen and oxygen atoms in total. The molecule has 0 radical (unpaired) electrons. The van der Waals surface area contributed by atoms with E-state index in [4.69, 9.17) is 14.2 Å². The van der Waals surface area contributed by atoms with Gasteiger partial charge in [0.25, 0.3) is 0 Å². The topological polar surface area (TPSA) is 57.7 Å². The van der Waals surface area contributed by atoms with Crippen LogP contribution in [0.15, 0.2) is 40.4 Å². The van der Waals surface area contributed by atoms with Crippen LogP contribution in [0.25, 0.3) is 10.6 Å². The van der Waals surface area contributed by atoms with Gasteiger partial charge in [0.05, 0.1) is 25.5 Å². The van der Waals surface area contributed by atoms with Crippen LogP contribution in [0.5, 0.6) is 11.5 Å². The largest absolute Gasteiger partial charge is 0.493 e. The number of carbonyl (C=O) groups is 1. The standard InChI is InChI=1S/C17H15NO4S2/c1-20-14-4-3-11(7-15(14)21-2)17(19)22-8-13-10-24-16(18-13)12-5-6-23-9-12/h3-7,9-10H,8H2,1-2H3. The summed E-state index contributed by atoms with van der Waals surface area (Å²) >= 11 is 3.16. The number of benzene rings is 1. The van der Waals surface area contributed by atoms with Crippen molar-refractivity contribution < 1.29 is 19.0 Å². The summed E-state index contributed by atoms with van der Waals surface area (Å²) in [6, 6.07) is 6.93. The van der Waals surface area contributed by atoms with Gasteiger partial charge in [-0.3, -0.25) is 0 Å². The number of thiazole rings is 1. The van der Waals surface area contributed by atoms with Gasteiger partial charge >= 0.3 is 5.97 Å². The minimum absolute atomic E-state index is 0.133. The molecule has 0 atom stereocenters. The third-order valence-corrected chi connectivity index (χ3v) is 4.91. The van der Waals surface area contributed by atoms with E-state index in [0.717, 1.165) is 16.3 Å². The Bertz CT molecular complexity index is 827. The molecule has 0 unspecified atom stereocenters. The highest BCUT2D eigenvalue weighted by molar-refractivity contribution is 7.14. The summed E-state index contributed by atoms with van der Waals surface area (Å²) in [6.07, 6.45) is 0. The smallest absolute Gasteiger partial charge is 0.338 e. The lowest BCUT2D eigenvalue weighted by Crippen LogP contribution is -2.06.